The van der Waals surface area contributed by atoms with Crippen molar-refractivity contribution >= 4 is 35.1 Å². The molecule has 0 saturated heterocycles. The largest absolute Gasteiger partial charge is 0.463 e. The molecule has 1 atom stereocenters. The zero-order chi connectivity index (χ0) is 17.4. The van der Waals surface area contributed by atoms with Gasteiger partial charge in [-0.05, 0) is 44.9 Å². The van der Waals surface area contributed by atoms with Crippen molar-refractivity contribution in [1.82, 2.24) is 5.32 Å². The van der Waals surface area contributed by atoms with Gasteiger partial charge in [0.05, 0.1) is 12.1 Å². The maximum absolute atomic E-state index is 11.4. The van der Waals surface area contributed by atoms with E-state index in [2.05, 4.69) is 10.3 Å². The number of ether oxygens (including phenoxy) is 1. The third-order valence-electron chi connectivity index (χ3n) is 2.98. The number of rotatable bonds is 7. The minimum absolute atomic E-state index is 0.0947. The van der Waals surface area contributed by atoms with Crippen molar-refractivity contribution < 1.29 is 9.53 Å². The third kappa shape index (κ3) is 7.57. The van der Waals surface area contributed by atoms with E-state index in [1.165, 1.54) is 0 Å². The summed E-state index contributed by atoms with van der Waals surface area (Å²) in [5, 5.41) is 4.22. The highest BCUT2D eigenvalue weighted by Crippen LogP contribution is 2.25. The number of carbonyl (C=O) groups is 1. The molecule has 3 N–H and O–H groups in total. The van der Waals surface area contributed by atoms with Gasteiger partial charge in [0.25, 0.3) is 0 Å². The van der Waals surface area contributed by atoms with Crippen LogP contribution in [-0.2, 0) is 9.53 Å². The Morgan fingerprint density at radius 3 is 2.65 bits per heavy atom. The van der Waals surface area contributed by atoms with Gasteiger partial charge in [-0.1, -0.05) is 29.3 Å². The Labute approximate surface area is 147 Å². The molecule has 1 aromatic rings. The molecule has 128 valence electrons. The van der Waals surface area contributed by atoms with Crippen molar-refractivity contribution in [3.63, 3.8) is 0 Å². The predicted octanol–water partition coefficient (Wildman–Crippen LogP) is 3.69. The first-order valence-corrected chi connectivity index (χ1v) is 8.26. The number of hydrogen-bond acceptors (Lipinski definition) is 3. The Hall–Kier alpha value is -1.46. The molecule has 0 aliphatic rings. The number of hydrogen-bond donors (Lipinski definition) is 2. The van der Waals surface area contributed by atoms with E-state index < -0.39 is 0 Å². The molecule has 0 bridgehead atoms. The first kappa shape index (κ1) is 19.6. The maximum Gasteiger partial charge on any atom is 0.306 e. The average molecular weight is 360 g/mol. The Kier molecular flexibility index (Phi) is 8.20. The Morgan fingerprint density at radius 2 is 2.04 bits per heavy atom. The molecule has 0 aliphatic heterocycles. The second-order valence-electron chi connectivity index (χ2n) is 5.44. The molecule has 1 aromatic carbocycles. The van der Waals surface area contributed by atoms with Gasteiger partial charge in [0.1, 0.15) is 0 Å². The van der Waals surface area contributed by atoms with Crippen LogP contribution in [0.2, 0.25) is 10.0 Å². The monoisotopic (exact) mass is 359 g/mol. The fourth-order valence-corrected chi connectivity index (χ4v) is 2.51. The van der Waals surface area contributed by atoms with Crippen LogP contribution >= 0.6 is 23.2 Å². The first-order chi connectivity index (χ1) is 10.8. The number of nitrogens with two attached hydrogens (primary N) is 1. The lowest BCUT2D eigenvalue weighted by Gasteiger charge is -2.16. The van der Waals surface area contributed by atoms with Gasteiger partial charge in [-0.15, -0.1) is 0 Å². The van der Waals surface area contributed by atoms with Crippen molar-refractivity contribution in [2.24, 2.45) is 10.7 Å². The van der Waals surface area contributed by atoms with E-state index in [4.69, 9.17) is 33.7 Å². The summed E-state index contributed by atoms with van der Waals surface area (Å²) in [5.74, 6) is 0.0868. The highest BCUT2D eigenvalue weighted by Gasteiger charge is 2.10. The number of carbonyl (C=O) groups excluding carboxylic acids is 1. The van der Waals surface area contributed by atoms with E-state index in [-0.39, 0.29) is 18.1 Å². The smallest absolute Gasteiger partial charge is 0.306 e. The van der Waals surface area contributed by atoms with Gasteiger partial charge in [-0.3, -0.25) is 9.79 Å². The van der Waals surface area contributed by atoms with Crippen LogP contribution in [0.15, 0.2) is 23.2 Å². The molecule has 1 unspecified atom stereocenters. The molecule has 0 aliphatic carbocycles. The normalized spacial score (nSPS) is 13.0. The van der Waals surface area contributed by atoms with Crippen molar-refractivity contribution in [1.29, 1.82) is 0 Å². The molecule has 1 rings (SSSR count). The minimum atomic E-state index is -0.219. The molecule has 0 spiro atoms. The Morgan fingerprint density at radius 1 is 1.35 bits per heavy atom. The summed E-state index contributed by atoms with van der Waals surface area (Å²) in [6, 6.07) is 5.20. The predicted molar refractivity (Wildman–Crippen MR) is 95.0 cm³/mol. The van der Waals surface area contributed by atoms with E-state index >= 15 is 0 Å². The van der Waals surface area contributed by atoms with Crippen LogP contribution in [-0.4, -0.2) is 24.6 Å². The molecule has 23 heavy (non-hydrogen) atoms. The lowest BCUT2D eigenvalue weighted by molar-refractivity contribution is -0.147. The van der Waals surface area contributed by atoms with E-state index in [1.54, 1.807) is 12.1 Å². The Balaban J connectivity index is 2.42. The summed E-state index contributed by atoms with van der Waals surface area (Å²) < 4.78 is 5.04. The third-order valence-corrected chi connectivity index (χ3v) is 3.54. The number of esters is 1. The van der Waals surface area contributed by atoms with Gasteiger partial charge < -0.3 is 15.8 Å². The summed E-state index contributed by atoms with van der Waals surface area (Å²) in [5.41, 5.74) is 6.73. The highest BCUT2D eigenvalue weighted by molar-refractivity contribution is 6.35. The van der Waals surface area contributed by atoms with Gasteiger partial charge in [0, 0.05) is 23.0 Å². The summed E-state index contributed by atoms with van der Waals surface area (Å²) in [6.45, 7) is 6.02. The van der Waals surface area contributed by atoms with Crippen LogP contribution in [0.5, 0.6) is 0 Å². The van der Waals surface area contributed by atoms with Gasteiger partial charge in [0.15, 0.2) is 5.96 Å². The van der Waals surface area contributed by atoms with Crippen LogP contribution in [0.3, 0.4) is 0 Å². The molecule has 0 heterocycles. The highest BCUT2D eigenvalue weighted by atomic mass is 35.5. The SMILES string of the molecule is CC(C)OC(=O)CCCN=C(N)NC(C)c1ccc(Cl)cc1Cl. The van der Waals surface area contributed by atoms with E-state index in [0.717, 1.165) is 5.56 Å². The lowest BCUT2D eigenvalue weighted by atomic mass is 10.1. The Bertz CT molecular complexity index is 562. The number of aliphatic imine (C=N–C) groups is 1. The van der Waals surface area contributed by atoms with Crippen LogP contribution in [0.4, 0.5) is 0 Å². The van der Waals surface area contributed by atoms with Crippen molar-refractivity contribution in [2.75, 3.05) is 6.54 Å². The molecule has 0 amide bonds. The van der Waals surface area contributed by atoms with Crippen LogP contribution in [0.25, 0.3) is 0 Å². The number of halogens is 2. The van der Waals surface area contributed by atoms with Gasteiger partial charge >= 0.3 is 5.97 Å². The number of benzene rings is 1. The number of guanidine groups is 1. The van der Waals surface area contributed by atoms with Gasteiger partial charge in [-0.2, -0.15) is 0 Å². The van der Waals surface area contributed by atoms with E-state index in [0.29, 0.717) is 35.4 Å². The van der Waals surface area contributed by atoms with Crippen molar-refractivity contribution in [3.05, 3.63) is 33.8 Å². The topological polar surface area (TPSA) is 76.7 Å². The summed E-state index contributed by atoms with van der Waals surface area (Å²) in [6.07, 6.45) is 0.820. The summed E-state index contributed by atoms with van der Waals surface area (Å²) >= 11 is 12.0. The number of nitrogens with one attached hydrogen (secondary N) is 1. The van der Waals surface area contributed by atoms with E-state index in [9.17, 15) is 4.79 Å². The summed E-state index contributed by atoms with van der Waals surface area (Å²) in [7, 11) is 0. The zero-order valence-corrected chi connectivity index (χ0v) is 15.1. The van der Waals surface area contributed by atoms with Crippen molar-refractivity contribution in [2.45, 2.75) is 45.8 Å². The molecule has 0 aromatic heterocycles. The fraction of sp³-hybridized carbons (Fsp3) is 0.500. The second-order valence-corrected chi connectivity index (χ2v) is 6.28. The fourth-order valence-electron chi connectivity index (χ4n) is 1.94. The molecular weight excluding hydrogens is 337 g/mol. The maximum atomic E-state index is 11.4. The zero-order valence-electron chi connectivity index (χ0n) is 13.6. The minimum Gasteiger partial charge on any atom is -0.463 e. The molecule has 7 heteroatoms. The second kappa shape index (κ2) is 9.63. The molecule has 5 nitrogen and oxygen atoms in total. The van der Waals surface area contributed by atoms with E-state index in [1.807, 2.05) is 26.8 Å². The van der Waals surface area contributed by atoms with Crippen LogP contribution in [0.1, 0.15) is 45.2 Å². The standard InChI is InChI=1S/C16H23Cl2N3O2/c1-10(2)23-15(22)5-4-8-20-16(19)21-11(3)13-7-6-12(17)9-14(13)18/h6-7,9-11H,4-5,8H2,1-3H3,(H3,19,20,21). The van der Waals surface area contributed by atoms with Crippen molar-refractivity contribution in [3.8, 4) is 0 Å². The number of nitrogens with zero attached hydrogens (tertiary/aromatic N) is 1. The van der Waals surface area contributed by atoms with Crippen LogP contribution < -0.4 is 11.1 Å². The quantitative estimate of drug-likeness (QED) is 0.337. The first-order valence-electron chi connectivity index (χ1n) is 7.50. The molecule has 0 radical (unpaired) electrons. The lowest BCUT2D eigenvalue weighted by Crippen LogP contribution is -2.34. The summed E-state index contributed by atoms with van der Waals surface area (Å²) in [4.78, 5) is 15.6. The molecule has 0 fully saturated rings. The molecule has 0 saturated carbocycles. The van der Waals surface area contributed by atoms with Gasteiger partial charge in [0.2, 0.25) is 0 Å². The average Bonchev–Trinajstić information content (AvgIpc) is 2.42. The molecular formula is C16H23Cl2N3O2. The van der Waals surface area contributed by atoms with Gasteiger partial charge in [-0.25, -0.2) is 0 Å². The van der Waals surface area contributed by atoms with Crippen LogP contribution in [0, 0.1) is 0 Å².